The molecule has 0 aliphatic carbocycles. The fraction of sp³-hybridized carbons (Fsp3) is 0.381. The van der Waals surface area contributed by atoms with Crippen LogP contribution in [0.4, 0.5) is 5.69 Å². The van der Waals surface area contributed by atoms with E-state index in [9.17, 15) is 4.79 Å². The smallest absolute Gasteiger partial charge is 0.227 e. The number of hydrogen-bond donors (Lipinski definition) is 0. The third-order valence-corrected chi connectivity index (χ3v) is 4.92. The second-order valence-electron chi connectivity index (χ2n) is 6.78. The van der Waals surface area contributed by atoms with E-state index in [-0.39, 0.29) is 11.9 Å². The molecule has 25 heavy (non-hydrogen) atoms. The number of para-hydroxylation sites is 1. The topological polar surface area (TPSA) is 38.8 Å². The van der Waals surface area contributed by atoms with Crippen molar-refractivity contribution in [3.8, 4) is 11.5 Å². The Balaban J connectivity index is 1.45. The largest absolute Gasteiger partial charge is 0.490 e. The highest BCUT2D eigenvalue weighted by molar-refractivity contribution is 5.96. The zero-order valence-electron chi connectivity index (χ0n) is 14.5. The molecule has 2 aromatic carbocycles. The zero-order valence-corrected chi connectivity index (χ0v) is 14.5. The quantitative estimate of drug-likeness (QED) is 0.856. The van der Waals surface area contributed by atoms with Crippen molar-refractivity contribution in [2.24, 2.45) is 0 Å². The molecule has 0 N–H and O–H groups in total. The van der Waals surface area contributed by atoms with Crippen LogP contribution in [0.5, 0.6) is 11.5 Å². The van der Waals surface area contributed by atoms with Crippen molar-refractivity contribution in [3.05, 3.63) is 53.6 Å². The maximum atomic E-state index is 12.8. The number of fused-ring (bicyclic) bond motifs is 2. The van der Waals surface area contributed by atoms with Gasteiger partial charge in [0, 0.05) is 24.6 Å². The van der Waals surface area contributed by atoms with Crippen molar-refractivity contribution in [2.45, 2.75) is 38.6 Å². The van der Waals surface area contributed by atoms with Crippen LogP contribution in [0.1, 0.15) is 30.9 Å². The first-order chi connectivity index (χ1) is 12.2. The number of aryl methyl sites for hydroxylation is 1. The predicted octanol–water partition coefficient (Wildman–Crippen LogP) is 3.76. The lowest BCUT2D eigenvalue weighted by atomic mass is 10.1. The molecule has 2 aliphatic heterocycles. The van der Waals surface area contributed by atoms with Crippen LogP contribution in [0.15, 0.2) is 42.5 Å². The number of benzene rings is 2. The Kier molecular flexibility index (Phi) is 4.35. The Morgan fingerprint density at radius 3 is 2.80 bits per heavy atom. The van der Waals surface area contributed by atoms with Gasteiger partial charge in [0.2, 0.25) is 5.91 Å². The molecular weight excluding hydrogens is 314 g/mol. The molecule has 1 atom stereocenters. The standard InChI is InChI=1S/C21H23NO3/c1-15-13-17-5-2-3-6-18(17)22(15)21(23)10-8-16-7-9-19-20(14-16)25-12-4-11-24-19/h2-3,5-7,9,14-15H,4,8,10-13H2,1H3. The van der Waals surface area contributed by atoms with E-state index in [1.807, 2.05) is 41.3 Å². The SMILES string of the molecule is CC1Cc2ccccc2N1C(=O)CCc1ccc2c(c1)OCCCO2. The van der Waals surface area contributed by atoms with Gasteiger partial charge in [-0.2, -0.15) is 0 Å². The van der Waals surface area contributed by atoms with E-state index >= 15 is 0 Å². The summed E-state index contributed by atoms with van der Waals surface area (Å²) in [5.41, 5.74) is 3.44. The summed E-state index contributed by atoms with van der Waals surface area (Å²) in [5.74, 6) is 1.78. The summed E-state index contributed by atoms with van der Waals surface area (Å²) in [7, 11) is 0. The number of ether oxygens (including phenoxy) is 2. The predicted molar refractivity (Wildman–Crippen MR) is 97.5 cm³/mol. The van der Waals surface area contributed by atoms with E-state index < -0.39 is 0 Å². The minimum Gasteiger partial charge on any atom is -0.490 e. The van der Waals surface area contributed by atoms with Gasteiger partial charge in [0.05, 0.1) is 13.2 Å². The molecule has 0 aromatic heterocycles. The molecule has 4 heteroatoms. The van der Waals surface area contributed by atoms with E-state index in [4.69, 9.17) is 9.47 Å². The Hall–Kier alpha value is -2.49. The molecule has 130 valence electrons. The third-order valence-electron chi connectivity index (χ3n) is 4.92. The van der Waals surface area contributed by atoms with Crippen LogP contribution in [-0.4, -0.2) is 25.2 Å². The Morgan fingerprint density at radius 2 is 1.92 bits per heavy atom. The number of anilines is 1. The van der Waals surface area contributed by atoms with Gasteiger partial charge in [-0.15, -0.1) is 0 Å². The first-order valence-corrected chi connectivity index (χ1v) is 9.01. The van der Waals surface area contributed by atoms with Gasteiger partial charge >= 0.3 is 0 Å². The fourth-order valence-electron chi connectivity index (χ4n) is 3.68. The third kappa shape index (κ3) is 3.21. The molecule has 0 fully saturated rings. The van der Waals surface area contributed by atoms with Gasteiger partial charge in [0.25, 0.3) is 0 Å². The van der Waals surface area contributed by atoms with Crippen LogP contribution in [0.3, 0.4) is 0 Å². The summed E-state index contributed by atoms with van der Waals surface area (Å²) in [6.07, 6.45) is 3.04. The van der Waals surface area contributed by atoms with Crippen molar-refractivity contribution in [1.29, 1.82) is 0 Å². The lowest BCUT2D eigenvalue weighted by Gasteiger charge is -2.22. The minimum absolute atomic E-state index is 0.185. The van der Waals surface area contributed by atoms with Crippen LogP contribution in [0, 0.1) is 0 Å². The van der Waals surface area contributed by atoms with Gasteiger partial charge in [0.1, 0.15) is 0 Å². The molecule has 0 saturated carbocycles. The first-order valence-electron chi connectivity index (χ1n) is 9.01. The number of carbonyl (C=O) groups is 1. The van der Waals surface area contributed by atoms with Crippen molar-refractivity contribution in [3.63, 3.8) is 0 Å². The number of carbonyl (C=O) groups excluding carboxylic acids is 1. The Morgan fingerprint density at radius 1 is 1.12 bits per heavy atom. The van der Waals surface area contributed by atoms with Gasteiger partial charge in [-0.05, 0) is 49.1 Å². The Labute approximate surface area is 148 Å². The highest BCUT2D eigenvalue weighted by Crippen LogP contribution is 2.33. The molecule has 1 amide bonds. The van der Waals surface area contributed by atoms with Crippen LogP contribution in [0.25, 0.3) is 0 Å². The second kappa shape index (κ2) is 6.79. The van der Waals surface area contributed by atoms with Gasteiger partial charge < -0.3 is 14.4 Å². The molecule has 0 radical (unpaired) electrons. The summed E-state index contributed by atoms with van der Waals surface area (Å²) in [5, 5.41) is 0. The lowest BCUT2D eigenvalue weighted by Crippen LogP contribution is -2.35. The minimum atomic E-state index is 0.185. The lowest BCUT2D eigenvalue weighted by molar-refractivity contribution is -0.118. The molecule has 4 nitrogen and oxygen atoms in total. The van der Waals surface area contributed by atoms with Crippen LogP contribution in [0.2, 0.25) is 0 Å². The second-order valence-corrected chi connectivity index (χ2v) is 6.78. The monoisotopic (exact) mass is 337 g/mol. The van der Waals surface area contributed by atoms with Crippen molar-refractivity contribution in [2.75, 3.05) is 18.1 Å². The molecule has 2 aliphatic rings. The van der Waals surface area contributed by atoms with Crippen molar-refractivity contribution >= 4 is 11.6 Å². The molecule has 2 aromatic rings. The number of nitrogens with zero attached hydrogens (tertiary/aromatic N) is 1. The fourth-order valence-corrected chi connectivity index (χ4v) is 3.68. The van der Waals surface area contributed by atoms with Crippen LogP contribution < -0.4 is 14.4 Å². The summed E-state index contributed by atoms with van der Waals surface area (Å²) in [6, 6.07) is 14.4. The molecule has 2 heterocycles. The average Bonchev–Trinajstić information content (AvgIpc) is 2.79. The number of hydrogen-bond acceptors (Lipinski definition) is 3. The highest BCUT2D eigenvalue weighted by Gasteiger charge is 2.30. The number of amides is 1. The van der Waals surface area contributed by atoms with Gasteiger partial charge in [-0.25, -0.2) is 0 Å². The molecule has 0 saturated heterocycles. The average molecular weight is 337 g/mol. The summed E-state index contributed by atoms with van der Waals surface area (Å²) in [4.78, 5) is 14.8. The normalized spacial score (nSPS) is 18.6. The first kappa shape index (κ1) is 16.0. The Bertz CT molecular complexity index is 786. The number of rotatable bonds is 3. The summed E-state index contributed by atoms with van der Waals surface area (Å²) in [6.45, 7) is 3.49. The van der Waals surface area contributed by atoms with Crippen LogP contribution in [-0.2, 0) is 17.6 Å². The van der Waals surface area contributed by atoms with E-state index in [1.54, 1.807) is 0 Å². The van der Waals surface area contributed by atoms with Crippen molar-refractivity contribution in [1.82, 2.24) is 0 Å². The molecular formula is C21H23NO3. The summed E-state index contributed by atoms with van der Waals surface area (Å²) >= 11 is 0. The molecule has 0 spiro atoms. The van der Waals surface area contributed by atoms with Crippen molar-refractivity contribution < 1.29 is 14.3 Å². The van der Waals surface area contributed by atoms with E-state index in [0.717, 1.165) is 35.6 Å². The molecule has 4 rings (SSSR count). The van der Waals surface area contributed by atoms with E-state index in [2.05, 4.69) is 13.0 Å². The zero-order chi connectivity index (χ0) is 17.2. The maximum Gasteiger partial charge on any atom is 0.227 e. The molecule has 1 unspecified atom stereocenters. The van der Waals surface area contributed by atoms with Gasteiger partial charge in [0.15, 0.2) is 11.5 Å². The van der Waals surface area contributed by atoms with E-state index in [0.29, 0.717) is 26.1 Å². The van der Waals surface area contributed by atoms with E-state index in [1.165, 1.54) is 5.56 Å². The highest BCUT2D eigenvalue weighted by atomic mass is 16.5. The molecule has 0 bridgehead atoms. The maximum absolute atomic E-state index is 12.8. The van der Waals surface area contributed by atoms with Gasteiger partial charge in [-0.1, -0.05) is 24.3 Å². The van der Waals surface area contributed by atoms with Gasteiger partial charge in [-0.3, -0.25) is 4.79 Å². The van der Waals surface area contributed by atoms with Crippen LogP contribution >= 0.6 is 0 Å². The summed E-state index contributed by atoms with van der Waals surface area (Å²) < 4.78 is 11.4.